The molecule has 27 heavy (non-hydrogen) atoms. The molecule has 1 heterocycles. The van der Waals surface area contributed by atoms with E-state index in [1.54, 1.807) is 19.2 Å². The molecule has 0 fully saturated rings. The van der Waals surface area contributed by atoms with Crippen LogP contribution in [-0.2, 0) is 17.9 Å². The highest BCUT2D eigenvalue weighted by molar-refractivity contribution is 5.98. The summed E-state index contributed by atoms with van der Waals surface area (Å²) in [5.41, 5.74) is 7.85. The lowest BCUT2D eigenvalue weighted by Gasteiger charge is -2.09. The number of nitrogens with two attached hydrogens (primary N) is 1. The molecule has 0 aliphatic rings. The quantitative estimate of drug-likeness (QED) is 0.671. The number of nitrogen functional groups attached to an aromatic ring is 1. The Hall–Kier alpha value is -3.38. The number of benzene rings is 2. The summed E-state index contributed by atoms with van der Waals surface area (Å²) in [6.45, 7) is 0.729. The van der Waals surface area contributed by atoms with Crippen LogP contribution in [0.3, 0.4) is 0 Å². The number of nitrogens with one attached hydrogen (secondary N) is 1. The van der Waals surface area contributed by atoms with Crippen molar-refractivity contribution in [3.05, 3.63) is 83.6 Å². The first-order valence-electron chi connectivity index (χ1n) is 8.50. The molecule has 0 aliphatic heterocycles. The minimum atomic E-state index is -0.270. The molecule has 3 aromatic rings. The molecule has 1 aromatic heterocycles. The Morgan fingerprint density at radius 1 is 1.00 bits per heavy atom. The first-order valence-corrected chi connectivity index (χ1v) is 8.50. The zero-order valence-electron chi connectivity index (χ0n) is 15.0. The fourth-order valence-corrected chi connectivity index (χ4v) is 2.51. The second kappa shape index (κ2) is 8.82. The number of para-hydroxylation sites is 1. The van der Waals surface area contributed by atoms with Gasteiger partial charge in [0.25, 0.3) is 5.91 Å². The largest absolute Gasteiger partial charge is 0.457 e. The first kappa shape index (κ1) is 18.4. The molecule has 0 saturated heterocycles. The summed E-state index contributed by atoms with van der Waals surface area (Å²) in [5, 5.41) is 2.85. The molecule has 0 unspecified atom stereocenters. The third kappa shape index (κ3) is 5.05. The van der Waals surface area contributed by atoms with Crippen LogP contribution in [0, 0.1) is 0 Å². The number of hydrogen-bond donors (Lipinski definition) is 2. The van der Waals surface area contributed by atoms with Gasteiger partial charge in [0, 0.05) is 13.7 Å². The van der Waals surface area contributed by atoms with E-state index >= 15 is 0 Å². The Bertz CT molecular complexity index is 896. The maximum absolute atomic E-state index is 12.3. The topological polar surface area (TPSA) is 86.5 Å². The molecule has 0 aliphatic carbocycles. The van der Waals surface area contributed by atoms with Crippen molar-refractivity contribution in [2.75, 3.05) is 12.8 Å². The SMILES string of the molecule is COCc1ccc(C(=O)NCc2ccc(Oc3ccccc3)cc2)c(N)n1. The van der Waals surface area contributed by atoms with Crippen LogP contribution in [-0.4, -0.2) is 18.0 Å². The number of amides is 1. The smallest absolute Gasteiger partial charge is 0.255 e. The van der Waals surface area contributed by atoms with Crippen molar-refractivity contribution >= 4 is 11.7 Å². The van der Waals surface area contributed by atoms with Crippen molar-refractivity contribution in [2.24, 2.45) is 0 Å². The van der Waals surface area contributed by atoms with Gasteiger partial charge in [-0.1, -0.05) is 30.3 Å². The van der Waals surface area contributed by atoms with Crippen LogP contribution in [0.15, 0.2) is 66.7 Å². The molecule has 3 N–H and O–H groups in total. The van der Waals surface area contributed by atoms with Crippen LogP contribution in [0.5, 0.6) is 11.5 Å². The van der Waals surface area contributed by atoms with Gasteiger partial charge in [-0.15, -0.1) is 0 Å². The lowest BCUT2D eigenvalue weighted by molar-refractivity contribution is 0.0951. The molecule has 2 aromatic carbocycles. The summed E-state index contributed by atoms with van der Waals surface area (Å²) in [6, 6.07) is 20.5. The van der Waals surface area contributed by atoms with E-state index in [2.05, 4.69) is 10.3 Å². The molecule has 1 amide bonds. The number of anilines is 1. The molecular weight excluding hydrogens is 342 g/mol. The van der Waals surface area contributed by atoms with Gasteiger partial charge in [0.2, 0.25) is 0 Å². The van der Waals surface area contributed by atoms with E-state index in [1.807, 2.05) is 54.6 Å². The Kier molecular flexibility index (Phi) is 6.02. The fourth-order valence-electron chi connectivity index (χ4n) is 2.51. The number of hydrogen-bond acceptors (Lipinski definition) is 5. The molecule has 6 heteroatoms. The number of nitrogens with zero attached hydrogens (tertiary/aromatic N) is 1. The van der Waals surface area contributed by atoms with Gasteiger partial charge in [-0.05, 0) is 42.0 Å². The van der Waals surface area contributed by atoms with Crippen LogP contribution >= 0.6 is 0 Å². The van der Waals surface area contributed by atoms with Gasteiger partial charge in [-0.2, -0.15) is 0 Å². The van der Waals surface area contributed by atoms with Crippen LogP contribution < -0.4 is 15.8 Å². The lowest BCUT2D eigenvalue weighted by atomic mass is 10.2. The summed E-state index contributed by atoms with van der Waals surface area (Å²) < 4.78 is 10.8. The van der Waals surface area contributed by atoms with Crippen LogP contribution in [0.1, 0.15) is 21.6 Å². The summed E-state index contributed by atoms with van der Waals surface area (Å²) in [5.74, 6) is 1.43. The predicted octanol–water partition coefficient (Wildman–Crippen LogP) is 3.53. The van der Waals surface area contributed by atoms with E-state index in [4.69, 9.17) is 15.2 Å². The van der Waals surface area contributed by atoms with E-state index in [9.17, 15) is 4.79 Å². The van der Waals surface area contributed by atoms with Crippen molar-refractivity contribution in [1.29, 1.82) is 0 Å². The normalized spacial score (nSPS) is 10.4. The minimum Gasteiger partial charge on any atom is -0.457 e. The van der Waals surface area contributed by atoms with E-state index in [1.165, 1.54) is 0 Å². The van der Waals surface area contributed by atoms with Crippen molar-refractivity contribution < 1.29 is 14.3 Å². The molecule has 138 valence electrons. The van der Waals surface area contributed by atoms with Crippen LogP contribution in [0.4, 0.5) is 5.82 Å². The second-order valence-corrected chi connectivity index (χ2v) is 5.91. The molecular formula is C21H21N3O3. The van der Waals surface area contributed by atoms with Gasteiger partial charge >= 0.3 is 0 Å². The number of pyridine rings is 1. The van der Waals surface area contributed by atoms with Crippen LogP contribution in [0.2, 0.25) is 0 Å². The molecule has 0 spiro atoms. The molecule has 0 saturated carbocycles. The maximum Gasteiger partial charge on any atom is 0.255 e. The molecule has 0 atom stereocenters. The average molecular weight is 363 g/mol. The minimum absolute atomic E-state index is 0.189. The van der Waals surface area contributed by atoms with Crippen molar-refractivity contribution in [3.8, 4) is 11.5 Å². The van der Waals surface area contributed by atoms with Crippen molar-refractivity contribution in [1.82, 2.24) is 10.3 Å². The van der Waals surface area contributed by atoms with Crippen molar-refractivity contribution in [2.45, 2.75) is 13.2 Å². The molecule has 0 radical (unpaired) electrons. The van der Waals surface area contributed by atoms with E-state index in [-0.39, 0.29) is 11.7 Å². The third-order valence-electron chi connectivity index (χ3n) is 3.87. The Morgan fingerprint density at radius 3 is 2.37 bits per heavy atom. The maximum atomic E-state index is 12.3. The highest BCUT2D eigenvalue weighted by Crippen LogP contribution is 2.21. The van der Waals surface area contributed by atoms with E-state index in [0.29, 0.717) is 24.4 Å². The second-order valence-electron chi connectivity index (χ2n) is 5.91. The van der Waals surface area contributed by atoms with Gasteiger partial charge in [-0.25, -0.2) is 4.98 Å². The van der Waals surface area contributed by atoms with Gasteiger partial charge in [0.05, 0.1) is 17.9 Å². The number of methoxy groups -OCH3 is 1. The number of rotatable bonds is 7. The summed E-state index contributed by atoms with van der Waals surface area (Å²) in [6.07, 6.45) is 0. The van der Waals surface area contributed by atoms with Crippen molar-refractivity contribution in [3.63, 3.8) is 0 Å². The molecule has 0 bridgehead atoms. The number of carbonyl (C=O) groups is 1. The van der Waals surface area contributed by atoms with Gasteiger partial charge in [-0.3, -0.25) is 4.79 Å². The van der Waals surface area contributed by atoms with Gasteiger partial charge in [0.1, 0.15) is 17.3 Å². The van der Waals surface area contributed by atoms with E-state index < -0.39 is 0 Å². The summed E-state index contributed by atoms with van der Waals surface area (Å²) >= 11 is 0. The Labute approximate surface area is 158 Å². The van der Waals surface area contributed by atoms with Crippen LogP contribution in [0.25, 0.3) is 0 Å². The summed E-state index contributed by atoms with van der Waals surface area (Å²) in [4.78, 5) is 16.5. The predicted molar refractivity (Wildman–Crippen MR) is 103 cm³/mol. The molecule has 6 nitrogen and oxygen atoms in total. The Morgan fingerprint density at radius 2 is 1.70 bits per heavy atom. The number of ether oxygens (including phenoxy) is 2. The van der Waals surface area contributed by atoms with Gasteiger partial charge in [0.15, 0.2) is 0 Å². The van der Waals surface area contributed by atoms with E-state index in [0.717, 1.165) is 17.1 Å². The standard InChI is InChI=1S/C21H21N3O3/c1-26-14-16-9-12-19(20(22)24-16)21(25)23-13-15-7-10-18(11-8-15)27-17-5-3-2-4-6-17/h2-12H,13-14H2,1H3,(H2,22,24)(H,23,25). The third-order valence-corrected chi connectivity index (χ3v) is 3.87. The van der Waals surface area contributed by atoms with Gasteiger partial charge < -0.3 is 20.5 Å². The number of carbonyl (C=O) groups excluding carboxylic acids is 1. The lowest BCUT2D eigenvalue weighted by Crippen LogP contribution is -2.24. The summed E-state index contributed by atoms with van der Waals surface area (Å²) in [7, 11) is 1.58. The Balaban J connectivity index is 1.57. The highest BCUT2D eigenvalue weighted by Gasteiger charge is 2.11. The fraction of sp³-hybridized carbons (Fsp3) is 0.143. The number of aromatic nitrogens is 1. The first-order chi connectivity index (χ1) is 13.2. The monoisotopic (exact) mass is 363 g/mol. The zero-order valence-corrected chi connectivity index (χ0v) is 15.0. The average Bonchev–Trinajstić information content (AvgIpc) is 2.68. The highest BCUT2D eigenvalue weighted by atomic mass is 16.5. The molecule has 3 rings (SSSR count). The zero-order chi connectivity index (χ0) is 19.1.